The second-order valence-electron chi connectivity index (χ2n) is 3.29. The van der Waals surface area contributed by atoms with Crippen LogP contribution in [0, 0.1) is 0 Å². The number of furan rings is 1. The second kappa shape index (κ2) is 3.93. The van der Waals surface area contributed by atoms with E-state index in [1.54, 1.807) is 6.26 Å². The van der Waals surface area contributed by atoms with E-state index in [1.165, 1.54) is 0 Å². The molecule has 0 N–H and O–H groups in total. The average Bonchev–Trinajstić information content (AvgIpc) is 2.87. The lowest BCUT2D eigenvalue weighted by molar-refractivity contribution is -0.188. The van der Waals surface area contributed by atoms with Crippen molar-refractivity contribution in [3.05, 3.63) is 24.2 Å². The Labute approximate surface area is 87.9 Å². The van der Waals surface area contributed by atoms with Crippen LogP contribution in [0.1, 0.15) is 19.1 Å². The predicted octanol–water partition coefficient (Wildman–Crippen LogP) is 2.50. The molecule has 2 atom stereocenters. The highest BCUT2D eigenvalue weighted by Gasteiger charge is 2.43. The van der Waals surface area contributed by atoms with E-state index in [2.05, 4.69) is 0 Å². The number of hydrogen-bond acceptors (Lipinski definition) is 3. The first-order valence-corrected chi connectivity index (χ1v) is 5.26. The van der Waals surface area contributed by atoms with Gasteiger partial charge in [0.25, 0.3) is 0 Å². The van der Waals surface area contributed by atoms with Gasteiger partial charge < -0.3 is 13.9 Å². The number of rotatable bonds is 3. The molecule has 0 aliphatic carbocycles. The van der Waals surface area contributed by atoms with Crippen LogP contribution in [0.2, 0.25) is 0 Å². The van der Waals surface area contributed by atoms with Crippen molar-refractivity contribution in [2.24, 2.45) is 0 Å². The van der Waals surface area contributed by atoms with Gasteiger partial charge in [-0.25, -0.2) is 0 Å². The molecule has 1 aliphatic rings. The molecule has 2 rings (SSSR count). The zero-order chi connectivity index (χ0) is 10.0. The Bertz CT molecular complexity index is 286. The number of ether oxygens (including phenoxy) is 2. The molecule has 1 aromatic heterocycles. The van der Waals surface area contributed by atoms with E-state index in [9.17, 15) is 0 Å². The van der Waals surface area contributed by atoms with Crippen LogP contribution >= 0.6 is 11.6 Å². The zero-order valence-electron chi connectivity index (χ0n) is 8.03. The summed E-state index contributed by atoms with van der Waals surface area (Å²) in [4.78, 5) is 0. The van der Waals surface area contributed by atoms with Gasteiger partial charge in [-0.15, -0.1) is 11.6 Å². The molecule has 78 valence electrons. The van der Waals surface area contributed by atoms with Crippen molar-refractivity contribution in [2.75, 3.05) is 12.5 Å². The fourth-order valence-electron chi connectivity index (χ4n) is 1.62. The summed E-state index contributed by atoms with van der Waals surface area (Å²) in [5.41, 5.74) is 0. The van der Waals surface area contributed by atoms with E-state index in [4.69, 9.17) is 25.5 Å². The Morgan fingerprint density at radius 3 is 3.00 bits per heavy atom. The lowest BCUT2D eigenvalue weighted by atomic mass is 10.1. The third kappa shape index (κ3) is 1.56. The minimum absolute atomic E-state index is 0.0401. The number of hydrogen-bond donors (Lipinski definition) is 0. The first kappa shape index (κ1) is 10.0. The normalized spacial score (nSPS) is 32.3. The number of alkyl halides is 1. The molecule has 2 unspecified atom stereocenters. The van der Waals surface area contributed by atoms with E-state index >= 15 is 0 Å². The van der Waals surface area contributed by atoms with Gasteiger partial charge in [-0.05, 0) is 12.1 Å². The van der Waals surface area contributed by atoms with Crippen LogP contribution in [-0.2, 0) is 15.3 Å². The molecule has 14 heavy (non-hydrogen) atoms. The summed E-state index contributed by atoms with van der Waals surface area (Å²) in [6.45, 7) is 2.52. The summed E-state index contributed by atoms with van der Waals surface area (Å²) in [6, 6.07) is 3.69. The van der Waals surface area contributed by atoms with Crippen LogP contribution in [0.15, 0.2) is 22.8 Å². The molecule has 0 spiro atoms. The van der Waals surface area contributed by atoms with Crippen LogP contribution in [0.4, 0.5) is 0 Å². The number of halogens is 1. The first-order valence-electron chi connectivity index (χ1n) is 4.72. The lowest BCUT2D eigenvalue weighted by Crippen LogP contribution is -2.26. The van der Waals surface area contributed by atoms with E-state index in [0.29, 0.717) is 24.7 Å². The van der Waals surface area contributed by atoms with Crippen molar-refractivity contribution in [2.45, 2.75) is 25.2 Å². The summed E-state index contributed by atoms with van der Waals surface area (Å²) < 4.78 is 16.7. The zero-order valence-corrected chi connectivity index (χ0v) is 8.79. The summed E-state index contributed by atoms with van der Waals surface area (Å²) in [5.74, 6) is 0.443. The smallest absolute Gasteiger partial charge is 0.228 e. The highest BCUT2D eigenvalue weighted by atomic mass is 35.5. The van der Waals surface area contributed by atoms with Gasteiger partial charge in [0.15, 0.2) is 5.76 Å². The fraction of sp³-hybridized carbons (Fsp3) is 0.600. The third-order valence-corrected chi connectivity index (χ3v) is 2.74. The average molecular weight is 217 g/mol. The van der Waals surface area contributed by atoms with E-state index in [0.717, 1.165) is 0 Å². The maximum atomic E-state index is 5.74. The molecular formula is C10H13ClO3. The molecule has 1 aromatic rings. The predicted molar refractivity (Wildman–Crippen MR) is 52.2 cm³/mol. The van der Waals surface area contributed by atoms with Gasteiger partial charge in [-0.3, -0.25) is 0 Å². The van der Waals surface area contributed by atoms with E-state index in [-0.39, 0.29) is 6.10 Å². The molecule has 0 aromatic carbocycles. The fourth-order valence-corrected chi connectivity index (χ4v) is 1.78. The topological polar surface area (TPSA) is 31.6 Å². The minimum atomic E-state index is -0.719. The molecule has 1 fully saturated rings. The maximum absolute atomic E-state index is 5.74. The molecule has 1 aliphatic heterocycles. The quantitative estimate of drug-likeness (QED) is 0.728. The molecule has 0 bridgehead atoms. The van der Waals surface area contributed by atoms with E-state index in [1.807, 2.05) is 19.1 Å². The van der Waals surface area contributed by atoms with Crippen molar-refractivity contribution < 1.29 is 13.9 Å². The minimum Gasteiger partial charge on any atom is -0.464 e. The van der Waals surface area contributed by atoms with Gasteiger partial charge in [0, 0.05) is 6.42 Å². The monoisotopic (exact) mass is 216 g/mol. The van der Waals surface area contributed by atoms with Gasteiger partial charge in [0.05, 0.1) is 24.9 Å². The Hall–Kier alpha value is -0.510. The van der Waals surface area contributed by atoms with Crippen molar-refractivity contribution in [1.29, 1.82) is 0 Å². The summed E-state index contributed by atoms with van der Waals surface area (Å²) in [7, 11) is 0. The molecule has 0 amide bonds. The van der Waals surface area contributed by atoms with Crippen LogP contribution < -0.4 is 0 Å². The SMILES string of the molecule is CCC1(c2ccco2)OCC(CCl)O1. The molecule has 4 heteroatoms. The summed E-state index contributed by atoms with van der Waals surface area (Å²) in [6.07, 6.45) is 2.29. The highest BCUT2D eigenvalue weighted by Crippen LogP contribution is 2.37. The Balaban J connectivity index is 2.20. The van der Waals surface area contributed by atoms with Crippen LogP contribution in [-0.4, -0.2) is 18.6 Å². The Kier molecular flexibility index (Phi) is 2.81. The molecule has 0 radical (unpaired) electrons. The molecule has 2 heterocycles. The molecule has 0 saturated carbocycles. The summed E-state index contributed by atoms with van der Waals surface area (Å²) >= 11 is 5.72. The Morgan fingerprint density at radius 1 is 1.64 bits per heavy atom. The standard InChI is InChI=1S/C10H13ClO3/c1-2-10(9-4-3-5-12-9)13-7-8(6-11)14-10/h3-5,8H,2,6-7H2,1H3. The van der Waals surface area contributed by atoms with Gasteiger partial charge in [0.2, 0.25) is 5.79 Å². The maximum Gasteiger partial charge on any atom is 0.228 e. The van der Waals surface area contributed by atoms with Crippen LogP contribution in [0.5, 0.6) is 0 Å². The van der Waals surface area contributed by atoms with Gasteiger partial charge in [0.1, 0.15) is 0 Å². The second-order valence-corrected chi connectivity index (χ2v) is 3.60. The van der Waals surface area contributed by atoms with Crippen molar-refractivity contribution >= 4 is 11.6 Å². The van der Waals surface area contributed by atoms with Gasteiger partial charge in [-0.1, -0.05) is 6.92 Å². The highest BCUT2D eigenvalue weighted by molar-refractivity contribution is 6.18. The van der Waals surface area contributed by atoms with E-state index < -0.39 is 5.79 Å². The van der Waals surface area contributed by atoms with Crippen LogP contribution in [0.25, 0.3) is 0 Å². The Morgan fingerprint density at radius 2 is 2.50 bits per heavy atom. The molecule has 3 nitrogen and oxygen atoms in total. The van der Waals surface area contributed by atoms with Crippen molar-refractivity contribution in [1.82, 2.24) is 0 Å². The van der Waals surface area contributed by atoms with Crippen molar-refractivity contribution in [3.63, 3.8) is 0 Å². The lowest BCUT2D eigenvalue weighted by Gasteiger charge is -2.23. The van der Waals surface area contributed by atoms with Gasteiger partial charge >= 0.3 is 0 Å². The first-order chi connectivity index (χ1) is 6.80. The largest absolute Gasteiger partial charge is 0.464 e. The third-order valence-electron chi connectivity index (χ3n) is 2.39. The molecule has 1 saturated heterocycles. The molecular weight excluding hydrogens is 204 g/mol. The summed E-state index contributed by atoms with van der Waals surface area (Å²) in [5, 5.41) is 0. The van der Waals surface area contributed by atoms with Gasteiger partial charge in [-0.2, -0.15) is 0 Å². The van der Waals surface area contributed by atoms with Crippen LogP contribution in [0.3, 0.4) is 0 Å². The van der Waals surface area contributed by atoms with Crippen molar-refractivity contribution in [3.8, 4) is 0 Å².